The Kier molecular flexibility index (Phi) is 4.83. The van der Waals surface area contributed by atoms with Crippen LogP contribution in [0, 0.1) is 5.92 Å². The lowest BCUT2D eigenvalue weighted by atomic mass is 10.0. The van der Waals surface area contributed by atoms with Crippen LogP contribution in [0.2, 0.25) is 0 Å². The predicted molar refractivity (Wildman–Crippen MR) is 64.7 cm³/mol. The Bertz CT molecular complexity index is 314. The van der Waals surface area contributed by atoms with Crippen LogP contribution in [0.15, 0.2) is 24.3 Å². The van der Waals surface area contributed by atoms with Crippen molar-refractivity contribution >= 4 is 17.4 Å². The Morgan fingerprint density at radius 1 is 1.27 bits per heavy atom. The smallest absolute Gasteiger partial charge is 0.177 e. The average Bonchev–Trinajstić information content (AvgIpc) is 2.26. The molecule has 2 heteroatoms. The zero-order chi connectivity index (χ0) is 11.3. The third kappa shape index (κ3) is 4.05. The minimum absolute atomic E-state index is 0.00734. The average molecular weight is 225 g/mol. The molecule has 0 aliphatic heterocycles. The molecular weight excluding hydrogens is 208 g/mol. The van der Waals surface area contributed by atoms with Gasteiger partial charge in [-0.2, -0.15) is 0 Å². The number of benzene rings is 1. The molecule has 15 heavy (non-hydrogen) atoms. The van der Waals surface area contributed by atoms with Crippen LogP contribution in [0.5, 0.6) is 0 Å². The van der Waals surface area contributed by atoms with Crippen molar-refractivity contribution in [2.45, 2.75) is 26.7 Å². The molecule has 0 radical (unpaired) electrons. The van der Waals surface area contributed by atoms with Crippen LogP contribution in [0.25, 0.3) is 0 Å². The highest BCUT2D eigenvalue weighted by atomic mass is 35.5. The fraction of sp³-hybridized carbons (Fsp3) is 0.462. The summed E-state index contributed by atoms with van der Waals surface area (Å²) in [4.78, 5) is 11.3. The molecule has 0 N–H and O–H groups in total. The molecule has 1 rings (SSSR count). The molecule has 0 spiro atoms. The monoisotopic (exact) mass is 224 g/mol. The van der Waals surface area contributed by atoms with Crippen molar-refractivity contribution in [2.75, 3.05) is 5.88 Å². The molecule has 0 aliphatic rings. The molecule has 0 atom stereocenters. The first-order valence-corrected chi connectivity index (χ1v) is 5.85. The number of alkyl halides is 1. The fourth-order valence-corrected chi connectivity index (χ4v) is 1.54. The number of hydrogen-bond acceptors (Lipinski definition) is 1. The third-order valence-corrected chi connectivity index (χ3v) is 2.65. The highest BCUT2D eigenvalue weighted by molar-refractivity contribution is 6.30. The van der Waals surface area contributed by atoms with E-state index in [1.54, 1.807) is 0 Å². The van der Waals surface area contributed by atoms with Gasteiger partial charge in [-0.1, -0.05) is 38.1 Å². The van der Waals surface area contributed by atoms with Crippen LogP contribution >= 0.6 is 11.6 Å². The summed E-state index contributed by atoms with van der Waals surface area (Å²) in [5.41, 5.74) is 1.99. The van der Waals surface area contributed by atoms with Gasteiger partial charge in [0, 0.05) is 5.56 Å². The molecule has 0 bridgehead atoms. The van der Waals surface area contributed by atoms with E-state index in [9.17, 15) is 4.79 Å². The van der Waals surface area contributed by atoms with E-state index < -0.39 is 0 Å². The summed E-state index contributed by atoms with van der Waals surface area (Å²) in [6.07, 6.45) is 2.26. The van der Waals surface area contributed by atoms with Gasteiger partial charge < -0.3 is 0 Å². The van der Waals surface area contributed by atoms with E-state index in [0.29, 0.717) is 11.5 Å². The number of Topliss-reactive ketones (excluding diaryl/α,β-unsaturated/α-hetero) is 1. The number of ketones is 1. The van der Waals surface area contributed by atoms with Gasteiger partial charge in [0.2, 0.25) is 0 Å². The summed E-state index contributed by atoms with van der Waals surface area (Å²) in [5.74, 6) is 0.770. The van der Waals surface area contributed by atoms with Crippen LogP contribution in [0.1, 0.15) is 36.2 Å². The maximum Gasteiger partial charge on any atom is 0.177 e. The summed E-state index contributed by atoms with van der Waals surface area (Å²) in [6.45, 7) is 4.43. The van der Waals surface area contributed by atoms with Crippen LogP contribution < -0.4 is 0 Å². The molecule has 0 fully saturated rings. The standard InChI is InChI=1S/C13H17ClO/c1-10(2)3-4-11-5-7-12(8-6-11)13(15)9-14/h5-8,10H,3-4,9H2,1-2H3. The normalized spacial score (nSPS) is 10.7. The van der Waals surface area contributed by atoms with E-state index in [0.717, 1.165) is 6.42 Å². The molecule has 82 valence electrons. The Labute approximate surface area is 96.5 Å². The van der Waals surface area contributed by atoms with Crippen LogP contribution in [0.4, 0.5) is 0 Å². The van der Waals surface area contributed by atoms with Crippen LogP contribution in [-0.4, -0.2) is 11.7 Å². The minimum Gasteiger partial charge on any atom is -0.293 e. The molecule has 1 aromatic carbocycles. The topological polar surface area (TPSA) is 17.1 Å². The van der Waals surface area contributed by atoms with E-state index in [-0.39, 0.29) is 11.7 Å². The molecule has 0 saturated heterocycles. The van der Waals surface area contributed by atoms with E-state index in [4.69, 9.17) is 11.6 Å². The second-order valence-electron chi connectivity index (χ2n) is 4.19. The predicted octanol–water partition coefficient (Wildman–Crippen LogP) is 3.70. The quantitative estimate of drug-likeness (QED) is 0.551. The van der Waals surface area contributed by atoms with Gasteiger partial charge in [0.1, 0.15) is 0 Å². The van der Waals surface area contributed by atoms with Gasteiger partial charge in [0.25, 0.3) is 0 Å². The summed E-state index contributed by atoms with van der Waals surface area (Å²) in [5, 5.41) is 0. The molecule has 0 saturated carbocycles. The van der Waals surface area contributed by atoms with Crippen molar-refractivity contribution in [1.82, 2.24) is 0 Å². The number of hydrogen-bond donors (Lipinski definition) is 0. The summed E-state index contributed by atoms with van der Waals surface area (Å²) >= 11 is 5.48. The maximum absolute atomic E-state index is 11.3. The van der Waals surface area contributed by atoms with Gasteiger partial charge in [-0.05, 0) is 24.3 Å². The van der Waals surface area contributed by atoms with Crippen molar-refractivity contribution in [3.63, 3.8) is 0 Å². The van der Waals surface area contributed by atoms with E-state index >= 15 is 0 Å². The third-order valence-electron chi connectivity index (χ3n) is 2.41. The Morgan fingerprint density at radius 3 is 2.33 bits per heavy atom. The highest BCUT2D eigenvalue weighted by Gasteiger charge is 2.03. The van der Waals surface area contributed by atoms with Gasteiger partial charge in [-0.3, -0.25) is 4.79 Å². The lowest BCUT2D eigenvalue weighted by Gasteiger charge is -2.05. The number of carbonyl (C=O) groups excluding carboxylic acids is 1. The highest BCUT2D eigenvalue weighted by Crippen LogP contribution is 2.11. The lowest BCUT2D eigenvalue weighted by molar-refractivity contribution is 0.102. The lowest BCUT2D eigenvalue weighted by Crippen LogP contribution is -2.00. The second-order valence-corrected chi connectivity index (χ2v) is 4.45. The first kappa shape index (κ1) is 12.3. The molecule has 1 aromatic rings. The molecular formula is C13H17ClO. The van der Waals surface area contributed by atoms with Crippen molar-refractivity contribution in [1.29, 1.82) is 0 Å². The van der Waals surface area contributed by atoms with Crippen LogP contribution in [-0.2, 0) is 6.42 Å². The molecule has 0 heterocycles. The van der Waals surface area contributed by atoms with Gasteiger partial charge in [-0.25, -0.2) is 0 Å². The van der Waals surface area contributed by atoms with Gasteiger partial charge in [-0.15, -0.1) is 11.6 Å². The summed E-state index contributed by atoms with van der Waals surface area (Å²) in [6, 6.07) is 7.76. The zero-order valence-electron chi connectivity index (χ0n) is 9.29. The minimum atomic E-state index is -0.00734. The number of rotatable bonds is 5. The Balaban J connectivity index is 2.60. The first-order valence-electron chi connectivity index (χ1n) is 5.31. The SMILES string of the molecule is CC(C)CCc1ccc(C(=O)CCl)cc1. The van der Waals surface area contributed by atoms with Crippen molar-refractivity contribution < 1.29 is 4.79 Å². The number of carbonyl (C=O) groups is 1. The number of halogens is 1. The van der Waals surface area contributed by atoms with Gasteiger partial charge in [0.05, 0.1) is 5.88 Å². The Hall–Kier alpha value is -0.820. The first-order chi connectivity index (χ1) is 7.13. The van der Waals surface area contributed by atoms with Gasteiger partial charge in [0.15, 0.2) is 5.78 Å². The van der Waals surface area contributed by atoms with Gasteiger partial charge >= 0.3 is 0 Å². The molecule has 0 aromatic heterocycles. The molecule has 1 nitrogen and oxygen atoms in total. The molecule has 0 amide bonds. The van der Waals surface area contributed by atoms with Crippen molar-refractivity contribution in [2.24, 2.45) is 5.92 Å². The van der Waals surface area contributed by atoms with Crippen molar-refractivity contribution in [3.05, 3.63) is 35.4 Å². The Morgan fingerprint density at radius 2 is 1.87 bits per heavy atom. The largest absolute Gasteiger partial charge is 0.293 e. The second kappa shape index (κ2) is 5.92. The molecule has 0 aliphatic carbocycles. The van der Waals surface area contributed by atoms with E-state index in [1.807, 2.05) is 24.3 Å². The molecule has 0 unspecified atom stereocenters. The maximum atomic E-state index is 11.3. The number of aryl methyl sites for hydroxylation is 1. The van der Waals surface area contributed by atoms with Crippen LogP contribution in [0.3, 0.4) is 0 Å². The van der Waals surface area contributed by atoms with E-state index in [2.05, 4.69) is 13.8 Å². The summed E-state index contributed by atoms with van der Waals surface area (Å²) in [7, 11) is 0. The zero-order valence-corrected chi connectivity index (χ0v) is 10.1. The van der Waals surface area contributed by atoms with E-state index in [1.165, 1.54) is 12.0 Å². The fourth-order valence-electron chi connectivity index (χ4n) is 1.39. The van der Waals surface area contributed by atoms with Crippen molar-refractivity contribution in [3.8, 4) is 0 Å². The summed E-state index contributed by atoms with van der Waals surface area (Å²) < 4.78 is 0.